The summed E-state index contributed by atoms with van der Waals surface area (Å²) in [7, 11) is 1.70. The molecule has 0 bridgehead atoms. The molecular formula is C18H23NO2. The molecule has 1 unspecified atom stereocenters. The van der Waals surface area contributed by atoms with Crippen LogP contribution < -0.4 is 5.32 Å². The Morgan fingerprint density at radius 2 is 1.90 bits per heavy atom. The van der Waals surface area contributed by atoms with Crippen LogP contribution in [0.1, 0.15) is 35.2 Å². The molecule has 0 heterocycles. The summed E-state index contributed by atoms with van der Waals surface area (Å²) in [5, 5.41) is 13.4. The van der Waals surface area contributed by atoms with Crippen LogP contribution in [0.25, 0.3) is 0 Å². The summed E-state index contributed by atoms with van der Waals surface area (Å²) in [5.74, 6) is 0.341. The lowest BCUT2D eigenvalue weighted by molar-refractivity contribution is 0.185. The first-order valence-corrected chi connectivity index (χ1v) is 7.20. The van der Waals surface area contributed by atoms with Gasteiger partial charge in [0.15, 0.2) is 0 Å². The Kier molecular flexibility index (Phi) is 5.37. The van der Waals surface area contributed by atoms with E-state index in [0.717, 1.165) is 17.7 Å². The van der Waals surface area contributed by atoms with Crippen molar-refractivity contribution in [2.45, 2.75) is 33.0 Å². The second kappa shape index (κ2) is 7.25. The third kappa shape index (κ3) is 4.31. The van der Waals surface area contributed by atoms with E-state index in [1.807, 2.05) is 25.1 Å². The molecule has 0 aliphatic heterocycles. The number of phenolic OH excluding ortho intramolecular Hbond substituents is 1. The van der Waals surface area contributed by atoms with Gasteiger partial charge in [0.05, 0.1) is 6.61 Å². The van der Waals surface area contributed by atoms with Crippen molar-refractivity contribution in [3.63, 3.8) is 0 Å². The summed E-state index contributed by atoms with van der Waals surface area (Å²) in [4.78, 5) is 0. The van der Waals surface area contributed by atoms with Crippen molar-refractivity contribution >= 4 is 0 Å². The van der Waals surface area contributed by atoms with Crippen molar-refractivity contribution < 1.29 is 9.84 Å². The fourth-order valence-corrected chi connectivity index (χ4v) is 2.40. The minimum absolute atomic E-state index is 0.0935. The summed E-state index contributed by atoms with van der Waals surface area (Å²) >= 11 is 0. The lowest BCUT2D eigenvalue weighted by atomic mass is 10.0. The summed E-state index contributed by atoms with van der Waals surface area (Å²) in [6.07, 6.45) is 0. The van der Waals surface area contributed by atoms with E-state index in [9.17, 15) is 5.11 Å². The molecular weight excluding hydrogens is 262 g/mol. The topological polar surface area (TPSA) is 41.5 Å². The molecule has 0 aromatic heterocycles. The number of aryl methyl sites for hydroxylation is 1. The van der Waals surface area contributed by atoms with Crippen molar-refractivity contribution in [3.05, 3.63) is 64.7 Å². The largest absolute Gasteiger partial charge is 0.508 e. The zero-order chi connectivity index (χ0) is 15.2. The number of phenols is 1. The third-order valence-corrected chi connectivity index (χ3v) is 3.56. The quantitative estimate of drug-likeness (QED) is 0.850. The van der Waals surface area contributed by atoms with Crippen LogP contribution in [-0.4, -0.2) is 12.2 Å². The molecule has 0 spiro atoms. The van der Waals surface area contributed by atoms with Crippen LogP contribution in [0.2, 0.25) is 0 Å². The summed E-state index contributed by atoms with van der Waals surface area (Å²) < 4.78 is 5.15. The summed E-state index contributed by atoms with van der Waals surface area (Å²) in [6.45, 7) is 5.48. The van der Waals surface area contributed by atoms with Crippen LogP contribution in [-0.2, 0) is 17.9 Å². The number of rotatable bonds is 6. The van der Waals surface area contributed by atoms with E-state index in [-0.39, 0.29) is 6.04 Å². The van der Waals surface area contributed by atoms with Gasteiger partial charge in [0.25, 0.3) is 0 Å². The van der Waals surface area contributed by atoms with E-state index in [1.165, 1.54) is 11.1 Å². The average molecular weight is 285 g/mol. The van der Waals surface area contributed by atoms with Gasteiger partial charge in [-0.15, -0.1) is 0 Å². The molecule has 2 N–H and O–H groups in total. The number of hydrogen-bond acceptors (Lipinski definition) is 3. The highest BCUT2D eigenvalue weighted by atomic mass is 16.5. The third-order valence-electron chi connectivity index (χ3n) is 3.56. The minimum Gasteiger partial charge on any atom is -0.508 e. The summed E-state index contributed by atoms with van der Waals surface area (Å²) in [6, 6.07) is 14.1. The zero-order valence-electron chi connectivity index (χ0n) is 12.9. The van der Waals surface area contributed by atoms with Crippen LogP contribution in [0.3, 0.4) is 0 Å². The van der Waals surface area contributed by atoms with Gasteiger partial charge in [-0.2, -0.15) is 0 Å². The normalized spacial score (nSPS) is 12.3. The maximum Gasteiger partial charge on any atom is 0.120 e. The Hall–Kier alpha value is -1.84. The van der Waals surface area contributed by atoms with E-state index in [2.05, 4.69) is 30.4 Å². The molecule has 0 aliphatic rings. The van der Waals surface area contributed by atoms with E-state index >= 15 is 0 Å². The molecule has 2 aromatic carbocycles. The summed E-state index contributed by atoms with van der Waals surface area (Å²) in [5.41, 5.74) is 4.47. The van der Waals surface area contributed by atoms with Crippen LogP contribution >= 0.6 is 0 Å². The number of ether oxygens (including phenoxy) is 1. The van der Waals surface area contributed by atoms with Crippen molar-refractivity contribution in [1.29, 1.82) is 0 Å². The monoisotopic (exact) mass is 285 g/mol. The van der Waals surface area contributed by atoms with Gasteiger partial charge >= 0.3 is 0 Å². The van der Waals surface area contributed by atoms with E-state index in [0.29, 0.717) is 12.4 Å². The lowest BCUT2D eigenvalue weighted by Gasteiger charge is -2.16. The molecule has 0 saturated heterocycles. The van der Waals surface area contributed by atoms with Crippen molar-refractivity contribution in [2.75, 3.05) is 7.11 Å². The molecule has 1 atom stereocenters. The predicted octanol–water partition coefficient (Wildman–Crippen LogP) is 3.70. The van der Waals surface area contributed by atoms with Gasteiger partial charge in [0.1, 0.15) is 5.75 Å². The van der Waals surface area contributed by atoms with Crippen LogP contribution in [0.5, 0.6) is 5.75 Å². The first kappa shape index (κ1) is 15.5. The Balaban J connectivity index is 2.02. The molecule has 3 nitrogen and oxygen atoms in total. The maximum atomic E-state index is 9.96. The van der Waals surface area contributed by atoms with Crippen molar-refractivity contribution in [3.8, 4) is 5.75 Å². The van der Waals surface area contributed by atoms with E-state index < -0.39 is 0 Å². The maximum absolute atomic E-state index is 9.96. The number of nitrogens with one attached hydrogen (secondary N) is 1. The average Bonchev–Trinajstić information content (AvgIpc) is 2.48. The van der Waals surface area contributed by atoms with Gasteiger partial charge in [0, 0.05) is 25.3 Å². The minimum atomic E-state index is 0.0935. The second-order valence-corrected chi connectivity index (χ2v) is 5.42. The zero-order valence-corrected chi connectivity index (χ0v) is 12.9. The van der Waals surface area contributed by atoms with E-state index in [1.54, 1.807) is 13.2 Å². The van der Waals surface area contributed by atoms with Gasteiger partial charge < -0.3 is 15.2 Å². The van der Waals surface area contributed by atoms with Gasteiger partial charge in [0.2, 0.25) is 0 Å². The molecule has 0 aliphatic carbocycles. The van der Waals surface area contributed by atoms with Crippen LogP contribution in [0.4, 0.5) is 0 Å². The first-order chi connectivity index (χ1) is 10.1. The van der Waals surface area contributed by atoms with Crippen molar-refractivity contribution in [2.24, 2.45) is 0 Å². The molecule has 0 saturated carbocycles. The van der Waals surface area contributed by atoms with Gasteiger partial charge in [-0.05, 0) is 31.0 Å². The fourth-order valence-electron chi connectivity index (χ4n) is 2.40. The number of aromatic hydroxyl groups is 1. The molecule has 112 valence electrons. The van der Waals surface area contributed by atoms with Gasteiger partial charge in [-0.25, -0.2) is 0 Å². The Morgan fingerprint density at radius 1 is 1.14 bits per heavy atom. The Morgan fingerprint density at radius 3 is 2.67 bits per heavy atom. The highest BCUT2D eigenvalue weighted by Crippen LogP contribution is 2.25. The second-order valence-electron chi connectivity index (χ2n) is 5.42. The molecule has 3 heteroatoms. The smallest absolute Gasteiger partial charge is 0.120 e. The van der Waals surface area contributed by atoms with Crippen molar-refractivity contribution in [1.82, 2.24) is 5.32 Å². The van der Waals surface area contributed by atoms with Crippen LogP contribution in [0.15, 0.2) is 42.5 Å². The number of methoxy groups -OCH3 is 1. The fraction of sp³-hybridized carbons (Fsp3) is 0.333. The highest BCUT2D eigenvalue weighted by Gasteiger charge is 2.10. The number of benzene rings is 2. The molecule has 21 heavy (non-hydrogen) atoms. The predicted molar refractivity (Wildman–Crippen MR) is 85.3 cm³/mol. The number of hydrogen-bond donors (Lipinski definition) is 2. The molecule has 2 rings (SSSR count). The van der Waals surface area contributed by atoms with E-state index in [4.69, 9.17) is 4.74 Å². The van der Waals surface area contributed by atoms with Gasteiger partial charge in [-0.1, -0.05) is 42.0 Å². The first-order valence-electron chi connectivity index (χ1n) is 7.20. The Labute approximate surface area is 126 Å². The van der Waals surface area contributed by atoms with Gasteiger partial charge in [-0.3, -0.25) is 0 Å². The SMILES string of the molecule is COCc1cccc(CNC(C)c2cc(C)ccc2O)c1. The molecule has 0 amide bonds. The van der Waals surface area contributed by atoms with Crippen LogP contribution in [0, 0.1) is 6.92 Å². The highest BCUT2D eigenvalue weighted by molar-refractivity contribution is 5.37. The molecule has 0 fully saturated rings. The Bertz CT molecular complexity index is 596. The standard InChI is InChI=1S/C18H23NO2/c1-13-7-8-18(20)17(9-13)14(2)19-11-15-5-4-6-16(10-15)12-21-3/h4-10,14,19-20H,11-12H2,1-3H3. The molecule has 2 aromatic rings. The lowest BCUT2D eigenvalue weighted by Crippen LogP contribution is -2.18. The molecule has 0 radical (unpaired) electrons.